The fourth-order valence-corrected chi connectivity index (χ4v) is 3.18. The van der Waals surface area contributed by atoms with E-state index in [9.17, 15) is 14.4 Å². The number of fused-ring (bicyclic) bond motifs is 2. The van der Waals surface area contributed by atoms with Gasteiger partial charge >= 0.3 is 12.0 Å². The number of carbonyl (C=O) groups is 3. The molecule has 2 aliphatic heterocycles. The quantitative estimate of drug-likeness (QED) is 0.738. The van der Waals surface area contributed by atoms with Gasteiger partial charge in [-0.05, 0) is 30.2 Å². The molecule has 0 saturated heterocycles. The number of hydrogen-bond acceptors (Lipinski definition) is 7. The fraction of sp³-hybridized carbons (Fsp3) is 0.286. The van der Waals surface area contributed by atoms with Crippen LogP contribution in [0.4, 0.5) is 10.5 Å². The number of ether oxygens (including phenoxy) is 4. The summed E-state index contributed by atoms with van der Waals surface area (Å²) in [5, 5.41) is 4.63. The van der Waals surface area contributed by atoms with E-state index in [4.69, 9.17) is 18.9 Å². The van der Waals surface area contributed by atoms with Crippen molar-refractivity contribution in [1.82, 2.24) is 5.32 Å². The number of imide groups is 1. The summed E-state index contributed by atoms with van der Waals surface area (Å²) >= 11 is 0. The molecule has 156 valence electrons. The minimum absolute atomic E-state index is 0.183. The van der Waals surface area contributed by atoms with Crippen molar-refractivity contribution in [3.63, 3.8) is 0 Å². The third-order valence-corrected chi connectivity index (χ3v) is 4.61. The van der Waals surface area contributed by atoms with Gasteiger partial charge in [-0.1, -0.05) is 18.2 Å². The maximum Gasteiger partial charge on any atom is 0.325 e. The molecule has 2 aromatic carbocycles. The van der Waals surface area contributed by atoms with Crippen molar-refractivity contribution in [2.24, 2.45) is 5.92 Å². The first-order valence-electron chi connectivity index (χ1n) is 9.46. The van der Waals surface area contributed by atoms with Crippen LogP contribution in [0.3, 0.4) is 0 Å². The zero-order chi connectivity index (χ0) is 20.9. The Kier molecular flexibility index (Phi) is 5.69. The van der Waals surface area contributed by atoms with Crippen molar-refractivity contribution in [3.05, 3.63) is 48.0 Å². The molecular formula is C21H20N2O7. The van der Waals surface area contributed by atoms with E-state index >= 15 is 0 Å². The Morgan fingerprint density at radius 3 is 2.63 bits per heavy atom. The van der Waals surface area contributed by atoms with Gasteiger partial charge in [0.15, 0.2) is 18.1 Å². The monoisotopic (exact) mass is 412 g/mol. The van der Waals surface area contributed by atoms with Crippen molar-refractivity contribution in [2.75, 3.05) is 31.7 Å². The summed E-state index contributed by atoms with van der Waals surface area (Å²) in [5.74, 6) is 0.0526. The smallest absolute Gasteiger partial charge is 0.325 e. The molecule has 0 aromatic heterocycles. The first-order valence-corrected chi connectivity index (χ1v) is 9.46. The highest BCUT2D eigenvalue weighted by atomic mass is 16.6. The van der Waals surface area contributed by atoms with Gasteiger partial charge in [0.25, 0.3) is 5.91 Å². The van der Waals surface area contributed by atoms with Gasteiger partial charge < -0.3 is 24.3 Å². The first-order chi connectivity index (χ1) is 14.6. The lowest BCUT2D eigenvalue weighted by Crippen LogP contribution is -2.38. The van der Waals surface area contributed by atoms with Crippen LogP contribution in [0.5, 0.6) is 17.2 Å². The van der Waals surface area contributed by atoms with Crippen LogP contribution >= 0.6 is 0 Å². The van der Waals surface area contributed by atoms with E-state index in [1.165, 1.54) is 0 Å². The Morgan fingerprint density at radius 1 is 0.967 bits per heavy atom. The van der Waals surface area contributed by atoms with Crippen molar-refractivity contribution in [2.45, 2.75) is 6.42 Å². The number of nitrogens with one attached hydrogen (secondary N) is 2. The SMILES string of the molecule is O=C(COC(=O)C1COc2ccccc2C1)NC(=O)Nc1ccc2c(c1)OCCO2. The topological polar surface area (TPSA) is 112 Å². The van der Waals surface area contributed by atoms with Gasteiger partial charge in [-0.15, -0.1) is 0 Å². The van der Waals surface area contributed by atoms with E-state index in [1.807, 2.05) is 24.3 Å². The molecular weight excluding hydrogens is 392 g/mol. The van der Waals surface area contributed by atoms with Crippen molar-refractivity contribution < 1.29 is 33.3 Å². The van der Waals surface area contributed by atoms with Crippen LogP contribution in [-0.4, -0.2) is 44.3 Å². The molecule has 2 heterocycles. The molecule has 0 aliphatic carbocycles. The molecule has 2 N–H and O–H groups in total. The summed E-state index contributed by atoms with van der Waals surface area (Å²) in [6.07, 6.45) is 0.473. The summed E-state index contributed by atoms with van der Waals surface area (Å²) in [5.41, 5.74) is 1.34. The average Bonchev–Trinajstić information content (AvgIpc) is 2.77. The Bertz CT molecular complexity index is 976. The van der Waals surface area contributed by atoms with Crippen LogP contribution in [0, 0.1) is 5.92 Å². The second-order valence-electron chi connectivity index (χ2n) is 6.79. The molecule has 0 bridgehead atoms. The van der Waals surface area contributed by atoms with Gasteiger partial charge in [0.1, 0.15) is 25.6 Å². The van der Waals surface area contributed by atoms with E-state index in [1.54, 1.807) is 18.2 Å². The molecule has 9 heteroatoms. The summed E-state index contributed by atoms with van der Waals surface area (Å²) < 4.78 is 21.4. The van der Waals surface area contributed by atoms with E-state index in [0.717, 1.165) is 11.3 Å². The molecule has 1 unspecified atom stereocenters. The Hall–Kier alpha value is -3.75. The van der Waals surface area contributed by atoms with E-state index < -0.39 is 30.4 Å². The fourth-order valence-electron chi connectivity index (χ4n) is 3.18. The largest absolute Gasteiger partial charge is 0.492 e. The Balaban J connectivity index is 1.23. The average molecular weight is 412 g/mol. The standard InChI is InChI=1S/C21H20N2O7/c24-19(12-30-20(25)14-9-13-3-1-2-4-16(13)29-11-14)23-21(26)22-15-5-6-17-18(10-15)28-8-7-27-17/h1-6,10,14H,7-9,11-12H2,(H2,22,23,24,26). The van der Waals surface area contributed by atoms with Gasteiger partial charge in [0.05, 0.1) is 5.92 Å². The number of hydrogen-bond donors (Lipinski definition) is 2. The predicted octanol–water partition coefficient (Wildman–Crippen LogP) is 1.90. The number of urea groups is 1. The van der Waals surface area contributed by atoms with Crippen LogP contribution < -0.4 is 24.8 Å². The first kappa shape index (κ1) is 19.6. The van der Waals surface area contributed by atoms with E-state index in [2.05, 4.69) is 10.6 Å². The summed E-state index contributed by atoms with van der Waals surface area (Å²) in [7, 11) is 0. The number of para-hydroxylation sites is 1. The van der Waals surface area contributed by atoms with E-state index in [-0.39, 0.29) is 6.61 Å². The lowest BCUT2D eigenvalue weighted by atomic mass is 9.97. The molecule has 2 aliphatic rings. The van der Waals surface area contributed by atoms with Gasteiger partial charge in [0.2, 0.25) is 0 Å². The molecule has 0 radical (unpaired) electrons. The molecule has 4 rings (SSSR count). The van der Waals surface area contributed by atoms with E-state index in [0.29, 0.717) is 36.8 Å². The number of benzene rings is 2. The van der Waals surface area contributed by atoms with Crippen molar-refractivity contribution >= 4 is 23.6 Å². The zero-order valence-electron chi connectivity index (χ0n) is 16.0. The molecule has 30 heavy (non-hydrogen) atoms. The maximum atomic E-state index is 12.2. The minimum Gasteiger partial charge on any atom is -0.492 e. The summed E-state index contributed by atoms with van der Waals surface area (Å²) in [6, 6.07) is 11.6. The maximum absolute atomic E-state index is 12.2. The highest BCUT2D eigenvalue weighted by Crippen LogP contribution is 2.32. The van der Waals surface area contributed by atoms with Crippen LogP contribution in [0.1, 0.15) is 5.56 Å². The number of carbonyl (C=O) groups excluding carboxylic acids is 3. The van der Waals surface area contributed by atoms with Crippen LogP contribution in [0.15, 0.2) is 42.5 Å². The zero-order valence-corrected chi connectivity index (χ0v) is 16.0. The van der Waals surface area contributed by atoms with Gasteiger partial charge in [-0.2, -0.15) is 0 Å². The Morgan fingerprint density at radius 2 is 1.77 bits per heavy atom. The van der Waals surface area contributed by atoms with Crippen molar-refractivity contribution in [3.8, 4) is 17.2 Å². The number of rotatable bonds is 4. The van der Waals surface area contributed by atoms with Crippen LogP contribution in [0.25, 0.3) is 0 Å². The number of amides is 3. The van der Waals surface area contributed by atoms with Crippen LogP contribution in [-0.2, 0) is 20.7 Å². The Labute approximate surface area is 172 Å². The van der Waals surface area contributed by atoms with Crippen LogP contribution in [0.2, 0.25) is 0 Å². The third kappa shape index (κ3) is 4.62. The highest BCUT2D eigenvalue weighted by molar-refractivity contribution is 6.02. The summed E-state index contributed by atoms with van der Waals surface area (Å²) in [6.45, 7) is 0.505. The van der Waals surface area contributed by atoms with Gasteiger partial charge in [-0.25, -0.2) is 4.79 Å². The lowest BCUT2D eigenvalue weighted by Gasteiger charge is -2.23. The van der Waals surface area contributed by atoms with Crippen molar-refractivity contribution in [1.29, 1.82) is 0 Å². The molecule has 0 fully saturated rings. The molecule has 2 aromatic rings. The normalized spacial score (nSPS) is 16.5. The predicted molar refractivity (Wildman–Crippen MR) is 105 cm³/mol. The number of anilines is 1. The molecule has 0 spiro atoms. The minimum atomic E-state index is -0.748. The second kappa shape index (κ2) is 8.73. The third-order valence-electron chi connectivity index (χ3n) is 4.61. The molecule has 3 amide bonds. The lowest BCUT2D eigenvalue weighted by molar-refractivity contribution is -0.153. The highest BCUT2D eigenvalue weighted by Gasteiger charge is 2.27. The molecule has 9 nitrogen and oxygen atoms in total. The molecule has 0 saturated carbocycles. The molecule has 1 atom stereocenters. The van der Waals surface area contributed by atoms with Gasteiger partial charge in [0, 0.05) is 11.8 Å². The summed E-state index contributed by atoms with van der Waals surface area (Å²) in [4.78, 5) is 36.2. The number of esters is 1. The second-order valence-corrected chi connectivity index (χ2v) is 6.79. The van der Waals surface area contributed by atoms with Gasteiger partial charge in [-0.3, -0.25) is 14.9 Å².